The number of halogens is 1. The molecule has 7 nitrogen and oxygen atoms in total. The topological polar surface area (TPSA) is 94.1 Å². The van der Waals surface area contributed by atoms with Gasteiger partial charge in [0.25, 0.3) is 0 Å². The SMILES string of the molecule is COc1nc(Cl)nc(NCC2CCCS2(=O)=O)n1. The van der Waals surface area contributed by atoms with Crippen LogP contribution in [0.4, 0.5) is 5.95 Å². The summed E-state index contributed by atoms with van der Waals surface area (Å²) >= 11 is 5.68. The van der Waals surface area contributed by atoms with E-state index >= 15 is 0 Å². The Morgan fingerprint density at radius 3 is 2.83 bits per heavy atom. The van der Waals surface area contributed by atoms with E-state index in [4.69, 9.17) is 16.3 Å². The first-order valence-electron chi connectivity index (χ1n) is 5.42. The van der Waals surface area contributed by atoms with E-state index in [9.17, 15) is 8.42 Å². The molecule has 0 saturated carbocycles. The fourth-order valence-electron chi connectivity index (χ4n) is 1.79. The predicted octanol–water partition coefficient (Wildman–Crippen LogP) is 0.523. The molecule has 0 aliphatic carbocycles. The van der Waals surface area contributed by atoms with Crippen LogP contribution in [0.2, 0.25) is 5.28 Å². The zero-order valence-electron chi connectivity index (χ0n) is 9.76. The molecule has 1 atom stereocenters. The van der Waals surface area contributed by atoms with Gasteiger partial charge in [-0.25, -0.2) is 8.42 Å². The van der Waals surface area contributed by atoms with E-state index < -0.39 is 9.84 Å². The highest BCUT2D eigenvalue weighted by Gasteiger charge is 2.31. The fraction of sp³-hybridized carbons (Fsp3) is 0.667. The normalized spacial score (nSPS) is 21.8. The Labute approximate surface area is 110 Å². The minimum absolute atomic E-state index is 0.00127. The molecule has 9 heteroatoms. The van der Waals surface area contributed by atoms with E-state index in [1.165, 1.54) is 7.11 Å². The average molecular weight is 293 g/mol. The van der Waals surface area contributed by atoms with Crippen molar-refractivity contribution in [1.29, 1.82) is 0 Å². The molecular formula is C9H13ClN4O3S. The van der Waals surface area contributed by atoms with Gasteiger partial charge in [-0.1, -0.05) is 0 Å². The molecular weight excluding hydrogens is 280 g/mol. The molecule has 100 valence electrons. The van der Waals surface area contributed by atoms with Gasteiger partial charge in [-0.05, 0) is 24.4 Å². The zero-order valence-corrected chi connectivity index (χ0v) is 11.3. The summed E-state index contributed by atoms with van der Waals surface area (Å²) in [6, 6.07) is 0.0896. The van der Waals surface area contributed by atoms with Gasteiger partial charge < -0.3 is 10.1 Å². The number of hydrogen-bond acceptors (Lipinski definition) is 7. The first-order chi connectivity index (χ1) is 8.51. The van der Waals surface area contributed by atoms with Crippen LogP contribution in [0, 0.1) is 0 Å². The molecule has 1 unspecified atom stereocenters. The maximum absolute atomic E-state index is 11.6. The van der Waals surface area contributed by atoms with E-state index in [2.05, 4.69) is 20.3 Å². The lowest BCUT2D eigenvalue weighted by atomic mass is 10.2. The Kier molecular flexibility index (Phi) is 3.86. The van der Waals surface area contributed by atoms with Gasteiger partial charge in [-0.3, -0.25) is 0 Å². The van der Waals surface area contributed by atoms with Crippen molar-refractivity contribution in [3.63, 3.8) is 0 Å². The Bertz CT molecular complexity index is 537. The summed E-state index contributed by atoms with van der Waals surface area (Å²) in [6.45, 7) is 0.270. The van der Waals surface area contributed by atoms with Gasteiger partial charge in [0.05, 0.1) is 18.1 Å². The van der Waals surface area contributed by atoms with Gasteiger partial charge in [0.15, 0.2) is 9.84 Å². The van der Waals surface area contributed by atoms with Crippen LogP contribution in [0.5, 0.6) is 6.01 Å². The lowest BCUT2D eigenvalue weighted by Crippen LogP contribution is -2.25. The zero-order chi connectivity index (χ0) is 13.2. The monoisotopic (exact) mass is 292 g/mol. The Balaban J connectivity index is 2.04. The summed E-state index contributed by atoms with van der Waals surface area (Å²) in [5.74, 6) is 0.467. The second-order valence-electron chi connectivity index (χ2n) is 3.93. The number of sulfone groups is 1. The van der Waals surface area contributed by atoms with E-state index in [-0.39, 0.29) is 34.8 Å². The summed E-state index contributed by atoms with van der Waals surface area (Å²) in [6.07, 6.45) is 1.36. The van der Waals surface area contributed by atoms with Crippen molar-refractivity contribution < 1.29 is 13.2 Å². The maximum Gasteiger partial charge on any atom is 0.322 e. The van der Waals surface area contributed by atoms with Crippen LogP contribution in [0.1, 0.15) is 12.8 Å². The van der Waals surface area contributed by atoms with Gasteiger partial charge in [-0.15, -0.1) is 0 Å². The number of nitrogens with zero attached hydrogens (tertiary/aromatic N) is 3. The van der Waals surface area contributed by atoms with Crippen LogP contribution in [-0.4, -0.2) is 48.0 Å². The molecule has 2 rings (SSSR count). The Morgan fingerprint density at radius 1 is 1.44 bits per heavy atom. The molecule has 1 aliphatic heterocycles. The quantitative estimate of drug-likeness (QED) is 0.864. The molecule has 2 heterocycles. The number of methoxy groups -OCH3 is 1. The number of rotatable bonds is 4. The van der Waals surface area contributed by atoms with Crippen molar-refractivity contribution in [2.45, 2.75) is 18.1 Å². The van der Waals surface area contributed by atoms with Gasteiger partial charge >= 0.3 is 6.01 Å². The highest BCUT2D eigenvalue weighted by atomic mass is 35.5. The smallest absolute Gasteiger partial charge is 0.322 e. The molecule has 18 heavy (non-hydrogen) atoms. The molecule has 0 amide bonds. The fourth-order valence-corrected chi connectivity index (χ4v) is 3.71. The van der Waals surface area contributed by atoms with Crippen molar-refractivity contribution in [3.05, 3.63) is 5.28 Å². The van der Waals surface area contributed by atoms with Crippen molar-refractivity contribution in [1.82, 2.24) is 15.0 Å². The summed E-state index contributed by atoms with van der Waals surface area (Å²) in [5, 5.41) is 2.46. The summed E-state index contributed by atoms with van der Waals surface area (Å²) in [4.78, 5) is 11.5. The minimum atomic E-state index is -2.98. The molecule has 1 fully saturated rings. The maximum atomic E-state index is 11.6. The molecule has 1 aromatic rings. The summed E-state index contributed by atoms with van der Waals surface area (Å²) < 4.78 is 28.1. The molecule has 1 saturated heterocycles. The molecule has 1 aliphatic rings. The molecule has 0 spiro atoms. The van der Waals surface area contributed by atoms with E-state index in [0.717, 1.165) is 0 Å². The first-order valence-corrected chi connectivity index (χ1v) is 7.51. The third-order valence-electron chi connectivity index (χ3n) is 2.72. The van der Waals surface area contributed by atoms with Crippen molar-refractivity contribution in [2.24, 2.45) is 0 Å². The Morgan fingerprint density at radius 2 is 2.22 bits per heavy atom. The van der Waals surface area contributed by atoms with Gasteiger partial charge in [-0.2, -0.15) is 15.0 Å². The number of ether oxygens (including phenoxy) is 1. The van der Waals surface area contributed by atoms with Crippen molar-refractivity contribution in [3.8, 4) is 6.01 Å². The Hall–Kier alpha value is -1.15. The summed E-state index contributed by atoms with van der Waals surface area (Å²) in [5.41, 5.74) is 0. The third-order valence-corrected chi connectivity index (χ3v) is 5.17. The summed E-state index contributed by atoms with van der Waals surface area (Å²) in [7, 11) is -1.57. The lowest BCUT2D eigenvalue weighted by molar-refractivity contribution is 0.379. The van der Waals surface area contributed by atoms with E-state index in [1.807, 2.05) is 0 Å². The number of anilines is 1. The van der Waals surface area contributed by atoms with Crippen LogP contribution in [0.3, 0.4) is 0 Å². The highest BCUT2D eigenvalue weighted by Crippen LogP contribution is 2.20. The van der Waals surface area contributed by atoms with Crippen LogP contribution in [0.15, 0.2) is 0 Å². The minimum Gasteiger partial charge on any atom is -0.467 e. The number of aromatic nitrogens is 3. The van der Waals surface area contributed by atoms with Crippen LogP contribution in [-0.2, 0) is 9.84 Å². The molecule has 0 radical (unpaired) electrons. The van der Waals surface area contributed by atoms with Crippen LogP contribution in [0.25, 0.3) is 0 Å². The van der Waals surface area contributed by atoms with Crippen molar-refractivity contribution in [2.75, 3.05) is 24.7 Å². The number of nitrogens with one attached hydrogen (secondary N) is 1. The predicted molar refractivity (Wildman–Crippen MR) is 66.7 cm³/mol. The van der Waals surface area contributed by atoms with Gasteiger partial charge in [0.2, 0.25) is 11.2 Å². The van der Waals surface area contributed by atoms with Gasteiger partial charge in [0.1, 0.15) is 0 Å². The van der Waals surface area contributed by atoms with Crippen molar-refractivity contribution >= 4 is 27.4 Å². The largest absolute Gasteiger partial charge is 0.467 e. The van der Waals surface area contributed by atoms with Crippen LogP contribution < -0.4 is 10.1 Å². The second-order valence-corrected chi connectivity index (χ2v) is 6.67. The first kappa shape index (κ1) is 13.3. The van der Waals surface area contributed by atoms with Crippen LogP contribution >= 0.6 is 11.6 Å². The molecule has 1 aromatic heterocycles. The van der Waals surface area contributed by atoms with E-state index in [1.54, 1.807) is 0 Å². The molecule has 1 N–H and O–H groups in total. The highest BCUT2D eigenvalue weighted by molar-refractivity contribution is 7.92. The lowest BCUT2D eigenvalue weighted by Gasteiger charge is -2.10. The average Bonchev–Trinajstić information content (AvgIpc) is 2.65. The second kappa shape index (κ2) is 5.23. The third kappa shape index (κ3) is 2.99. The van der Waals surface area contributed by atoms with E-state index in [0.29, 0.717) is 12.8 Å². The number of hydrogen-bond donors (Lipinski definition) is 1. The molecule has 0 aromatic carbocycles. The standard InChI is InChI=1S/C9H13ClN4O3S/c1-17-9-13-7(10)12-8(14-9)11-5-6-3-2-4-18(6,15)16/h6H,2-5H2,1H3,(H,11,12,13,14). The molecule has 0 bridgehead atoms. The van der Waals surface area contributed by atoms with Gasteiger partial charge in [0, 0.05) is 6.54 Å².